The Morgan fingerprint density at radius 3 is 2.78 bits per heavy atom. The van der Waals surface area contributed by atoms with Crippen LogP contribution in [-0.2, 0) is 16.0 Å². The number of aliphatic carboxylic acids is 1. The van der Waals surface area contributed by atoms with E-state index in [1.165, 1.54) is 6.92 Å². The molecular formula is C8H11F3N4O3. The average Bonchev–Trinajstić information content (AvgIpc) is 2.70. The number of aromatic nitrogens is 4. The lowest BCUT2D eigenvalue weighted by Gasteiger charge is -2.09. The number of carboxylic acid groups (broad SMARTS) is 1. The van der Waals surface area contributed by atoms with Crippen LogP contribution >= 0.6 is 0 Å². The minimum absolute atomic E-state index is 0.000694. The normalized spacial score (nSPS) is 13.6. The molecule has 0 aliphatic heterocycles. The first-order chi connectivity index (χ1) is 8.31. The van der Waals surface area contributed by atoms with Gasteiger partial charge in [0.05, 0.1) is 6.61 Å². The third-order valence-corrected chi connectivity index (χ3v) is 2.02. The minimum Gasteiger partial charge on any atom is -0.480 e. The highest BCUT2D eigenvalue weighted by molar-refractivity contribution is 5.71. The summed E-state index contributed by atoms with van der Waals surface area (Å²) in [6, 6.07) is -0.988. The summed E-state index contributed by atoms with van der Waals surface area (Å²) in [5.41, 5.74) is 0. The summed E-state index contributed by atoms with van der Waals surface area (Å²) in [7, 11) is 0. The van der Waals surface area contributed by atoms with Crippen molar-refractivity contribution in [1.82, 2.24) is 20.2 Å². The number of tetrazole rings is 1. The monoisotopic (exact) mass is 268 g/mol. The molecular weight excluding hydrogens is 257 g/mol. The van der Waals surface area contributed by atoms with Gasteiger partial charge in [0.2, 0.25) is 0 Å². The lowest BCUT2D eigenvalue weighted by molar-refractivity contribution is -0.173. The van der Waals surface area contributed by atoms with Crippen molar-refractivity contribution in [2.75, 3.05) is 13.2 Å². The molecule has 0 bridgehead atoms. The number of nitrogens with zero attached hydrogens (tertiary/aromatic N) is 4. The molecule has 0 amide bonds. The molecule has 102 valence electrons. The number of carboxylic acids is 1. The molecule has 7 nitrogen and oxygen atoms in total. The molecule has 0 saturated heterocycles. The van der Waals surface area contributed by atoms with Crippen molar-refractivity contribution >= 4 is 5.97 Å². The number of rotatable bonds is 6. The van der Waals surface area contributed by atoms with E-state index in [1.807, 2.05) is 0 Å². The summed E-state index contributed by atoms with van der Waals surface area (Å²) in [5, 5.41) is 19.0. The number of ether oxygens (including phenoxy) is 1. The summed E-state index contributed by atoms with van der Waals surface area (Å²) in [6.45, 7) is -0.242. The zero-order chi connectivity index (χ0) is 13.8. The summed E-state index contributed by atoms with van der Waals surface area (Å²) in [4.78, 5) is 10.7. The van der Waals surface area contributed by atoms with Gasteiger partial charge in [0.15, 0.2) is 5.82 Å². The van der Waals surface area contributed by atoms with Crippen LogP contribution in [0.15, 0.2) is 0 Å². The maximum atomic E-state index is 11.8. The Labute approximate surface area is 99.5 Å². The number of halogens is 3. The highest BCUT2D eigenvalue weighted by atomic mass is 19.4. The van der Waals surface area contributed by atoms with Crippen LogP contribution in [0.3, 0.4) is 0 Å². The van der Waals surface area contributed by atoms with Crippen LogP contribution in [0.2, 0.25) is 0 Å². The quantitative estimate of drug-likeness (QED) is 0.753. The van der Waals surface area contributed by atoms with E-state index < -0.39 is 24.8 Å². The molecule has 0 spiro atoms. The van der Waals surface area contributed by atoms with Gasteiger partial charge in [-0.3, -0.25) is 0 Å². The molecule has 0 aliphatic carbocycles. The predicted molar refractivity (Wildman–Crippen MR) is 50.7 cm³/mol. The number of carbonyl (C=O) groups is 1. The first kappa shape index (κ1) is 14.4. The molecule has 0 aliphatic rings. The number of hydrogen-bond donors (Lipinski definition) is 1. The van der Waals surface area contributed by atoms with Crippen LogP contribution in [0.25, 0.3) is 0 Å². The van der Waals surface area contributed by atoms with Crippen LogP contribution in [0.5, 0.6) is 0 Å². The van der Waals surface area contributed by atoms with Crippen molar-refractivity contribution in [2.45, 2.75) is 25.6 Å². The maximum Gasteiger partial charge on any atom is 0.411 e. The third kappa shape index (κ3) is 4.28. The van der Waals surface area contributed by atoms with Crippen molar-refractivity contribution < 1.29 is 27.8 Å². The Balaban J connectivity index is 2.48. The van der Waals surface area contributed by atoms with Gasteiger partial charge < -0.3 is 9.84 Å². The van der Waals surface area contributed by atoms with E-state index in [4.69, 9.17) is 5.11 Å². The van der Waals surface area contributed by atoms with E-state index in [0.29, 0.717) is 0 Å². The average molecular weight is 268 g/mol. The lowest BCUT2D eigenvalue weighted by atomic mass is 10.3. The zero-order valence-corrected chi connectivity index (χ0v) is 9.39. The van der Waals surface area contributed by atoms with Gasteiger partial charge in [-0.2, -0.15) is 13.2 Å². The van der Waals surface area contributed by atoms with E-state index in [0.717, 1.165) is 4.68 Å². The molecule has 0 aromatic carbocycles. The van der Waals surface area contributed by atoms with E-state index in [1.54, 1.807) is 0 Å². The predicted octanol–water partition coefficient (Wildman–Crippen LogP) is 0.440. The van der Waals surface area contributed by atoms with Gasteiger partial charge in [0, 0.05) is 6.42 Å². The SMILES string of the molecule is CC(C(=O)O)n1nnnc1CCOCC(F)(F)F. The summed E-state index contributed by atoms with van der Waals surface area (Å²) in [5.74, 6) is -0.980. The van der Waals surface area contributed by atoms with Crippen LogP contribution < -0.4 is 0 Å². The summed E-state index contributed by atoms with van der Waals surface area (Å²) >= 11 is 0. The molecule has 1 N–H and O–H groups in total. The van der Waals surface area contributed by atoms with Gasteiger partial charge >= 0.3 is 12.1 Å². The van der Waals surface area contributed by atoms with Crippen molar-refractivity contribution in [3.8, 4) is 0 Å². The first-order valence-electron chi connectivity index (χ1n) is 4.95. The lowest BCUT2D eigenvalue weighted by Crippen LogP contribution is -2.21. The smallest absolute Gasteiger partial charge is 0.411 e. The molecule has 1 heterocycles. The first-order valence-corrected chi connectivity index (χ1v) is 4.95. The van der Waals surface area contributed by atoms with Gasteiger partial charge in [-0.05, 0) is 17.4 Å². The Kier molecular flexibility index (Phi) is 4.59. The molecule has 0 saturated carbocycles. The second-order valence-corrected chi connectivity index (χ2v) is 3.47. The van der Waals surface area contributed by atoms with Gasteiger partial charge in [0.1, 0.15) is 12.6 Å². The maximum absolute atomic E-state index is 11.8. The molecule has 18 heavy (non-hydrogen) atoms. The molecule has 0 radical (unpaired) electrons. The van der Waals surface area contributed by atoms with Crippen LogP contribution in [0.4, 0.5) is 13.2 Å². The topological polar surface area (TPSA) is 90.1 Å². The molecule has 1 atom stereocenters. The van der Waals surface area contributed by atoms with Crippen molar-refractivity contribution in [1.29, 1.82) is 0 Å². The fraction of sp³-hybridized carbons (Fsp3) is 0.750. The Bertz CT molecular complexity index is 407. The number of alkyl halides is 3. The molecule has 1 unspecified atom stereocenters. The molecule has 10 heteroatoms. The molecule has 1 rings (SSSR count). The highest BCUT2D eigenvalue weighted by Crippen LogP contribution is 2.14. The Hall–Kier alpha value is -1.71. The van der Waals surface area contributed by atoms with Crippen LogP contribution in [-0.4, -0.2) is 50.7 Å². The third-order valence-electron chi connectivity index (χ3n) is 2.02. The van der Waals surface area contributed by atoms with Crippen LogP contribution in [0.1, 0.15) is 18.8 Å². The Morgan fingerprint density at radius 2 is 2.22 bits per heavy atom. The second kappa shape index (κ2) is 5.76. The number of hydrogen-bond acceptors (Lipinski definition) is 5. The highest BCUT2D eigenvalue weighted by Gasteiger charge is 2.27. The van der Waals surface area contributed by atoms with Gasteiger partial charge in [-0.1, -0.05) is 0 Å². The van der Waals surface area contributed by atoms with E-state index in [2.05, 4.69) is 20.3 Å². The fourth-order valence-corrected chi connectivity index (χ4v) is 1.13. The van der Waals surface area contributed by atoms with Gasteiger partial charge in [-0.15, -0.1) is 5.10 Å². The van der Waals surface area contributed by atoms with Gasteiger partial charge in [0.25, 0.3) is 0 Å². The van der Waals surface area contributed by atoms with Crippen molar-refractivity contribution in [2.24, 2.45) is 0 Å². The van der Waals surface area contributed by atoms with Crippen LogP contribution in [0, 0.1) is 0 Å². The van der Waals surface area contributed by atoms with E-state index in [-0.39, 0.29) is 18.9 Å². The van der Waals surface area contributed by atoms with E-state index in [9.17, 15) is 18.0 Å². The molecule has 0 fully saturated rings. The van der Waals surface area contributed by atoms with E-state index >= 15 is 0 Å². The largest absolute Gasteiger partial charge is 0.480 e. The summed E-state index contributed by atoms with van der Waals surface area (Å²) < 4.78 is 40.8. The minimum atomic E-state index is -4.39. The second-order valence-electron chi connectivity index (χ2n) is 3.47. The summed E-state index contributed by atoms with van der Waals surface area (Å²) in [6.07, 6.45) is -4.39. The fourth-order valence-electron chi connectivity index (χ4n) is 1.13. The molecule has 1 aromatic heterocycles. The van der Waals surface area contributed by atoms with Crippen molar-refractivity contribution in [3.63, 3.8) is 0 Å². The Morgan fingerprint density at radius 1 is 1.56 bits per heavy atom. The zero-order valence-electron chi connectivity index (χ0n) is 9.39. The van der Waals surface area contributed by atoms with Gasteiger partial charge in [-0.25, -0.2) is 9.48 Å². The standard InChI is InChI=1S/C8H11F3N4O3/c1-5(7(16)17)15-6(12-13-14-15)2-3-18-4-8(9,10)11/h5H,2-4H2,1H3,(H,16,17). The van der Waals surface area contributed by atoms with Crippen molar-refractivity contribution in [3.05, 3.63) is 5.82 Å². The molecule has 1 aromatic rings.